The number of nitrogens with one attached hydrogen (secondary N) is 2. The van der Waals surface area contributed by atoms with Crippen molar-refractivity contribution in [1.29, 1.82) is 0 Å². The van der Waals surface area contributed by atoms with E-state index < -0.39 is 34.8 Å². The Morgan fingerprint density at radius 3 is 2.45 bits per heavy atom. The van der Waals surface area contributed by atoms with Gasteiger partial charge in [-0.1, -0.05) is 0 Å². The van der Waals surface area contributed by atoms with Crippen molar-refractivity contribution in [3.63, 3.8) is 0 Å². The number of hydrogen-bond donors (Lipinski definition) is 2. The largest absolute Gasteiger partial charge is 0.434 e. The first kappa shape index (κ1) is 26.8. The van der Waals surface area contributed by atoms with Gasteiger partial charge in [0.1, 0.15) is 0 Å². The number of amides is 2. The van der Waals surface area contributed by atoms with Gasteiger partial charge in [-0.15, -0.1) is 0 Å². The molecule has 1 atom stereocenters. The number of carbonyl (C=O) groups is 2. The summed E-state index contributed by atoms with van der Waals surface area (Å²) >= 11 is 0. The molecule has 2 aromatic heterocycles. The zero-order chi connectivity index (χ0) is 27.6. The number of benzene rings is 1. The Hall–Kier alpha value is -4.26. The second-order valence-electron chi connectivity index (χ2n) is 9.39. The molecule has 2 N–H and O–H groups in total. The summed E-state index contributed by atoms with van der Waals surface area (Å²) in [5, 5.41) is 2.64. The monoisotopic (exact) mass is 530 g/mol. The third kappa shape index (κ3) is 5.83. The summed E-state index contributed by atoms with van der Waals surface area (Å²) in [7, 11) is 0. The third-order valence-electron chi connectivity index (χ3n) is 6.20. The molecule has 1 aliphatic rings. The quantitative estimate of drug-likeness (QED) is 0.470. The Labute approximate surface area is 215 Å². The zero-order valence-electron chi connectivity index (χ0n) is 20.8. The van der Waals surface area contributed by atoms with Crippen molar-refractivity contribution in [3.05, 3.63) is 76.2 Å². The molecule has 1 unspecified atom stereocenters. The van der Waals surface area contributed by atoms with Gasteiger partial charge >= 0.3 is 0 Å². The van der Waals surface area contributed by atoms with E-state index in [4.69, 9.17) is 4.74 Å². The van der Waals surface area contributed by atoms with Crippen LogP contribution in [0.15, 0.2) is 47.7 Å². The first-order chi connectivity index (χ1) is 17.9. The van der Waals surface area contributed by atoms with Gasteiger partial charge in [-0.3, -0.25) is 19.3 Å². The van der Waals surface area contributed by atoms with E-state index in [2.05, 4.69) is 20.3 Å². The van der Waals surface area contributed by atoms with Gasteiger partial charge in [0, 0.05) is 44.0 Å². The minimum absolute atomic E-state index is 0.103. The molecule has 38 heavy (non-hydrogen) atoms. The molecule has 1 saturated heterocycles. The van der Waals surface area contributed by atoms with Crippen LogP contribution < -0.4 is 15.6 Å². The van der Waals surface area contributed by atoms with Crippen LogP contribution in [0, 0.1) is 17.5 Å². The summed E-state index contributed by atoms with van der Waals surface area (Å²) in [4.78, 5) is 51.3. The lowest BCUT2D eigenvalue weighted by Gasteiger charge is -2.48. The Morgan fingerprint density at radius 1 is 1.08 bits per heavy atom. The number of aromatic nitrogens is 3. The maximum Gasteiger partial charge on any atom is 0.255 e. The van der Waals surface area contributed by atoms with Crippen LogP contribution in [-0.2, 0) is 4.79 Å². The lowest BCUT2D eigenvalue weighted by molar-refractivity contribution is -0.122. The highest BCUT2D eigenvalue weighted by Crippen LogP contribution is 2.26. The second kappa shape index (κ2) is 10.6. The van der Waals surface area contributed by atoms with E-state index in [0.717, 1.165) is 6.20 Å². The van der Waals surface area contributed by atoms with E-state index in [-0.39, 0.29) is 29.1 Å². The number of pyridine rings is 1. The lowest BCUT2D eigenvalue weighted by atomic mass is 9.96. The molecule has 0 spiro atoms. The minimum atomic E-state index is -1.35. The SMILES string of the molecule is CC(C(=O)Nc1cnc(Oc2cc(F)c(F)cc2F)cn1)N1CCN(C(=O)c2ccc(=O)[nH]c2)C(C)(C)C1. The maximum absolute atomic E-state index is 13.8. The van der Waals surface area contributed by atoms with Crippen LogP contribution in [0.5, 0.6) is 11.6 Å². The summed E-state index contributed by atoms with van der Waals surface area (Å²) in [5.74, 6) is -4.98. The van der Waals surface area contributed by atoms with Crippen LogP contribution in [-0.4, -0.2) is 67.8 Å². The Kier molecular flexibility index (Phi) is 7.49. The molecule has 0 bridgehead atoms. The Bertz CT molecular complexity index is 1390. The van der Waals surface area contributed by atoms with Crippen molar-refractivity contribution >= 4 is 17.6 Å². The predicted octanol–water partition coefficient (Wildman–Crippen LogP) is 2.94. The van der Waals surface area contributed by atoms with Crippen molar-refractivity contribution in [2.75, 3.05) is 25.0 Å². The fraction of sp³-hybridized carbons (Fsp3) is 0.320. The number of ether oxygens (including phenoxy) is 1. The van der Waals surface area contributed by atoms with Gasteiger partial charge in [0.25, 0.3) is 5.91 Å². The number of aromatic amines is 1. The van der Waals surface area contributed by atoms with Crippen LogP contribution in [0.25, 0.3) is 0 Å². The van der Waals surface area contributed by atoms with E-state index in [0.29, 0.717) is 37.3 Å². The second-order valence-corrected chi connectivity index (χ2v) is 9.39. The van der Waals surface area contributed by atoms with Gasteiger partial charge in [-0.2, -0.15) is 0 Å². The van der Waals surface area contributed by atoms with Crippen molar-refractivity contribution in [2.45, 2.75) is 32.4 Å². The van der Waals surface area contributed by atoms with Gasteiger partial charge in [0.05, 0.1) is 29.5 Å². The molecule has 0 saturated carbocycles. The van der Waals surface area contributed by atoms with Gasteiger partial charge < -0.3 is 19.9 Å². The molecule has 2 amide bonds. The number of nitrogens with zero attached hydrogens (tertiary/aromatic N) is 4. The zero-order valence-corrected chi connectivity index (χ0v) is 20.8. The minimum Gasteiger partial charge on any atom is -0.434 e. The molecular formula is C25H25F3N6O4. The Morgan fingerprint density at radius 2 is 1.82 bits per heavy atom. The molecule has 0 radical (unpaired) electrons. The van der Waals surface area contributed by atoms with Crippen LogP contribution in [0.3, 0.4) is 0 Å². The molecule has 1 fully saturated rings. The molecule has 3 aromatic rings. The lowest BCUT2D eigenvalue weighted by Crippen LogP contribution is -2.63. The molecule has 13 heteroatoms. The van der Waals surface area contributed by atoms with E-state index in [1.807, 2.05) is 18.7 Å². The number of H-pyrrole nitrogens is 1. The highest BCUT2D eigenvalue weighted by molar-refractivity contribution is 5.95. The number of anilines is 1. The van der Waals surface area contributed by atoms with E-state index in [1.54, 1.807) is 11.8 Å². The highest BCUT2D eigenvalue weighted by atomic mass is 19.2. The predicted molar refractivity (Wildman–Crippen MR) is 130 cm³/mol. The summed E-state index contributed by atoms with van der Waals surface area (Å²) < 4.78 is 45.3. The third-order valence-corrected chi connectivity index (χ3v) is 6.20. The first-order valence-corrected chi connectivity index (χ1v) is 11.6. The van der Waals surface area contributed by atoms with Gasteiger partial charge in [0.15, 0.2) is 29.0 Å². The number of rotatable bonds is 6. The fourth-order valence-corrected chi connectivity index (χ4v) is 4.12. The summed E-state index contributed by atoms with van der Waals surface area (Å²) in [6.07, 6.45) is 3.67. The number of piperazine rings is 1. The Balaban J connectivity index is 1.36. The summed E-state index contributed by atoms with van der Waals surface area (Å²) in [6.45, 7) is 6.73. The number of halogens is 3. The van der Waals surface area contributed by atoms with Crippen LogP contribution in [0.4, 0.5) is 19.0 Å². The van der Waals surface area contributed by atoms with Crippen molar-refractivity contribution in [1.82, 2.24) is 24.8 Å². The van der Waals surface area contributed by atoms with Gasteiger partial charge in [-0.25, -0.2) is 23.1 Å². The van der Waals surface area contributed by atoms with Crippen LogP contribution in [0.1, 0.15) is 31.1 Å². The standard InChI is InChI=1S/C25H25F3N6O4/c1-14(33-6-7-34(25(2,3)13-33)24(37)15-4-5-21(35)30-10-15)23(36)32-20-11-31-22(12-29-20)38-19-9-17(27)16(26)8-18(19)28/h4-5,8-12,14H,6-7,13H2,1-3H3,(H,30,35)(H,29,32,36). The highest BCUT2D eigenvalue weighted by Gasteiger charge is 2.39. The molecule has 200 valence electrons. The topological polar surface area (TPSA) is 121 Å². The number of carbonyl (C=O) groups excluding carboxylic acids is 2. The normalized spacial score (nSPS) is 16.1. The van der Waals surface area contributed by atoms with Gasteiger partial charge in [-0.05, 0) is 26.8 Å². The fourth-order valence-electron chi connectivity index (χ4n) is 4.12. The molecule has 1 aliphatic heterocycles. The number of hydrogen-bond acceptors (Lipinski definition) is 7. The molecule has 0 aliphatic carbocycles. The van der Waals surface area contributed by atoms with E-state index >= 15 is 0 Å². The van der Waals surface area contributed by atoms with Crippen molar-refractivity contribution in [3.8, 4) is 11.6 Å². The molecule has 10 nitrogen and oxygen atoms in total. The van der Waals surface area contributed by atoms with E-state index in [9.17, 15) is 27.6 Å². The average molecular weight is 531 g/mol. The summed E-state index contributed by atoms with van der Waals surface area (Å²) in [5.41, 5.74) is -0.529. The van der Waals surface area contributed by atoms with Gasteiger partial charge in [0.2, 0.25) is 17.3 Å². The molecule has 4 rings (SSSR count). The van der Waals surface area contributed by atoms with Crippen molar-refractivity contribution < 1.29 is 27.5 Å². The maximum atomic E-state index is 13.8. The molecule has 1 aromatic carbocycles. The van der Waals surface area contributed by atoms with E-state index in [1.165, 1.54) is 24.5 Å². The van der Waals surface area contributed by atoms with Crippen molar-refractivity contribution in [2.24, 2.45) is 0 Å². The van der Waals surface area contributed by atoms with Crippen LogP contribution >= 0.6 is 0 Å². The molecular weight excluding hydrogens is 505 g/mol. The average Bonchev–Trinajstić information content (AvgIpc) is 2.87. The summed E-state index contributed by atoms with van der Waals surface area (Å²) in [6, 6.07) is 3.11. The smallest absolute Gasteiger partial charge is 0.255 e. The molecule has 3 heterocycles. The first-order valence-electron chi connectivity index (χ1n) is 11.6. The van der Waals surface area contributed by atoms with Crippen LogP contribution in [0.2, 0.25) is 0 Å².